The molecule has 0 saturated carbocycles. The minimum atomic E-state index is -1.28. The van der Waals surface area contributed by atoms with Gasteiger partial charge < -0.3 is 30.4 Å². The van der Waals surface area contributed by atoms with Crippen molar-refractivity contribution in [3.8, 4) is 0 Å². The van der Waals surface area contributed by atoms with Gasteiger partial charge in [-0.1, -0.05) is 30.3 Å². The van der Waals surface area contributed by atoms with Crippen molar-refractivity contribution in [2.24, 2.45) is 10.7 Å². The second-order valence-corrected chi connectivity index (χ2v) is 6.26. The predicted octanol–water partition coefficient (Wildman–Crippen LogP) is 2.08. The van der Waals surface area contributed by atoms with Gasteiger partial charge in [-0.2, -0.15) is 0 Å². The summed E-state index contributed by atoms with van der Waals surface area (Å²) in [4.78, 5) is 51.4. The summed E-state index contributed by atoms with van der Waals surface area (Å²) in [5.41, 5.74) is 6.45. The number of aliphatic imine (C=N–C) groups is 1. The molecule has 0 unspecified atom stereocenters. The number of hydrogen-bond acceptors (Lipinski definition) is 7. The molecule has 0 fully saturated rings. The Morgan fingerprint density at radius 1 is 1.09 bits per heavy atom. The van der Waals surface area contributed by atoms with Crippen LogP contribution >= 0.6 is 0 Å². The lowest BCUT2D eigenvalue weighted by molar-refractivity contribution is -0.139. The van der Waals surface area contributed by atoms with Crippen LogP contribution in [0.3, 0.4) is 0 Å². The van der Waals surface area contributed by atoms with Crippen LogP contribution in [0.25, 0.3) is 0 Å². The van der Waals surface area contributed by atoms with Crippen LogP contribution in [0.1, 0.15) is 32.3 Å². The van der Waals surface area contributed by atoms with E-state index in [1.54, 1.807) is 38.1 Å². The predicted molar refractivity (Wildman–Crippen MR) is 113 cm³/mol. The summed E-state index contributed by atoms with van der Waals surface area (Å²) >= 11 is 0. The topological polar surface area (TPSA) is 170 Å². The molecule has 1 aromatic carbocycles. The fraction of sp³-hybridized carbons (Fsp3) is 0.450. The van der Waals surface area contributed by atoms with Gasteiger partial charge in [0, 0.05) is 6.54 Å². The fourth-order valence-corrected chi connectivity index (χ4v) is 2.43. The highest BCUT2D eigenvalue weighted by Crippen LogP contribution is 2.05. The van der Waals surface area contributed by atoms with Gasteiger partial charge in [0.1, 0.15) is 12.6 Å². The highest BCUT2D eigenvalue weighted by atomic mass is 16.6. The minimum Gasteiger partial charge on any atom is -0.480 e. The molecule has 1 aromatic rings. The maximum absolute atomic E-state index is 12.1. The summed E-state index contributed by atoms with van der Waals surface area (Å²) in [6.07, 6.45) is -2.70. The van der Waals surface area contributed by atoms with Gasteiger partial charge in [0.25, 0.3) is 0 Å². The van der Waals surface area contributed by atoms with Crippen molar-refractivity contribution in [3.05, 3.63) is 35.9 Å². The molecule has 0 spiro atoms. The van der Waals surface area contributed by atoms with Gasteiger partial charge in [-0.15, -0.1) is 4.99 Å². The van der Waals surface area contributed by atoms with Gasteiger partial charge in [0.2, 0.25) is 5.96 Å². The summed E-state index contributed by atoms with van der Waals surface area (Å²) in [6, 6.07) is 7.62. The summed E-state index contributed by atoms with van der Waals surface area (Å²) < 4.78 is 14.6. The number of benzene rings is 1. The van der Waals surface area contributed by atoms with Crippen LogP contribution in [0, 0.1) is 0 Å². The Kier molecular flexibility index (Phi) is 11.6. The summed E-state index contributed by atoms with van der Waals surface area (Å²) in [7, 11) is 0. The van der Waals surface area contributed by atoms with Crippen LogP contribution in [-0.2, 0) is 25.6 Å². The molecule has 1 atom stereocenters. The van der Waals surface area contributed by atoms with E-state index in [2.05, 4.69) is 15.0 Å². The van der Waals surface area contributed by atoms with Crippen molar-refractivity contribution in [2.45, 2.75) is 39.3 Å². The van der Waals surface area contributed by atoms with Crippen LogP contribution < -0.4 is 11.1 Å². The number of nitrogens with two attached hydrogens (primary N) is 1. The van der Waals surface area contributed by atoms with E-state index in [0.717, 1.165) is 10.5 Å². The third-order valence-electron chi connectivity index (χ3n) is 3.92. The first kappa shape index (κ1) is 26.2. The van der Waals surface area contributed by atoms with E-state index in [9.17, 15) is 24.3 Å². The lowest BCUT2D eigenvalue weighted by Gasteiger charge is -2.21. The first-order chi connectivity index (χ1) is 15.3. The SMILES string of the molecule is CCOC(=O)/N=C(\N)N(CCC[C@H](NC(=O)OCc1ccccc1)C(=O)O)C(=O)OCC. The molecule has 1 rings (SSSR count). The summed E-state index contributed by atoms with van der Waals surface area (Å²) in [5.74, 6) is -1.73. The number of ether oxygens (including phenoxy) is 3. The molecule has 0 heterocycles. The molecule has 0 aromatic heterocycles. The van der Waals surface area contributed by atoms with Gasteiger partial charge in [-0.3, -0.25) is 0 Å². The van der Waals surface area contributed by atoms with Crippen molar-refractivity contribution in [2.75, 3.05) is 19.8 Å². The quantitative estimate of drug-likeness (QED) is 0.273. The van der Waals surface area contributed by atoms with Gasteiger partial charge in [-0.05, 0) is 32.3 Å². The molecule has 0 aliphatic rings. The number of nitrogens with one attached hydrogen (secondary N) is 1. The van der Waals surface area contributed by atoms with Gasteiger partial charge >= 0.3 is 24.2 Å². The number of carboxylic acid groups (broad SMARTS) is 1. The third kappa shape index (κ3) is 9.78. The number of amides is 3. The average molecular weight is 452 g/mol. The monoisotopic (exact) mass is 452 g/mol. The summed E-state index contributed by atoms with van der Waals surface area (Å²) in [5, 5.41) is 11.6. The maximum atomic E-state index is 12.1. The van der Waals surface area contributed by atoms with Gasteiger partial charge in [-0.25, -0.2) is 24.1 Å². The molecule has 4 N–H and O–H groups in total. The molecular weight excluding hydrogens is 424 g/mol. The Hall–Kier alpha value is -3.83. The van der Waals surface area contributed by atoms with Crippen molar-refractivity contribution < 1.29 is 38.5 Å². The molecule has 176 valence electrons. The number of nitrogens with zero attached hydrogens (tertiary/aromatic N) is 2. The van der Waals surface area contributed by atoms with E-state index in [1.165, 1.54) is 0 Å². The van der Waals surface area contributed by atoms with Crippen molar-refractivity contribution >= 4 is 30.2 Å². The molecule has 12 heteroatoms. The first-order valence-corrected chi connectivity index (χ1v) is 9.93. The number of rotatable bonds is 10. The number of carbonyl (C=O) groups is 4. The van der Waals surface area contributed by atoms with E-state index < -0.39 is 36.3 Å². The van der Waals surface area contributed by atoms with Gasteiger partial charge in [0.05, 0.1) is 13.2 Å². The number of alkyl carbamates (subject to hydrolysis) is 1. The highest BCUT2D eigenvalue weighted by Gasteiger charge is 2.24. The number of guanidine groups is 1. The second kappa shape index (κ2) is 14.2. The largest absolute Gasteiger partial charge is 0.480 e. The zero-order valence-electron chi connectivity index (χ0n) is 18.0. The number of carboxylic acids is 1. The fourth-order valence-electron chi connectivity index (χ4n) is 2.43. The standard InChI is InChI=1S/C20H28N4O8/c1-3-30-19(28)23-17(21)24(20(29)31-4-2)12-8-11-15(16(25)26)22-18(27)32-13-14-9-6-5-7-10-14/h5-7,9-10,15H,3-4,8,11-13H2,1-2H3,(H,22,27)(H,25,26)(H2,21,23,28)/t15-/m0/s1. The number of carbonyl (C=O) groups excluding carboxylic acids is 3. The first-order valence-electron chi connectivity index (χ1n) is 9.93. The molecule has 0 aliphatic carbocycles. The smallest absolute Gasteiger partial charge is 0.436 e. The van der Waals surface area contributed by atoms with Crippen molar-refractivity contribution in [1.82, 2.24) is 10.2 Å². The number of aliphatic carboxylic acids is 1. The lowest BCUT2D eigenvalue weighted by Crippen LogP contribution is -2.45. The van der Waals surface area contributed by atoms with Crippen LogP contribution in [0.2, 0.25) is 0 Å². The third-order valence-corrected chi connectivity index (χ3v) is 3.92. The zero-order valence-corrected chi connectivity index (χ0v) is 18.0. The molecule has 12 nitrogen and oxygen atoms in total. The molecular formula is C20H28N4O8. The van der Waals surface area contributed by atoms with E-state index in [1.807, 2.05) is 6.07 Å². The normalized spacial score (nSPS) is 11.8. The summed E-state index contributed by atoms with van der Waals surface area (Å²) in [6.45, 7) is 3.15. The molecule has 0 bridgehead atoms. The van der Waals surface area contributed by atoms with E-state index in [4.69, 9.17) is 15.2 Å². The second-order valence-electron chi connectivity index (χ2n) is 6.26. The zero-order chi connectivity index (χ0) is 23.9. The van der Waals surface area contributed by atoms with Crippen LogP contribution in [0.15, 0.2) is 35.3 Å². The van der Waals surface area contributed by atoms with Crippen molar-refractivity contribution in [3.63, 3.8) is 0 Å². The minimum absolute atomic E-state index is 0.0174. The Balaban J connectivity index is 2.66. The lowest BCUT2D eigenvalue weighted by atomic mass is 10.1. The Bertz CT molecular complexity index is 800. The Labute approximate surface area is 185 Å². The molecule has 3 amide bonds. The van der Waals surface area contributed by atoms with Gasteiger partial charge in [0.15, 0.2) is 0 Å². The van der Waals surface area contributed by atoms with Crippen LogP contribution in [0.4, 0.5) is 14.4 Å². The van der Waals surface area contributed by atoms with E-state index >= 15 is 0 Å². The number of hydrogen-bond donors (Lipinski definition) is 3. The van der Waals surface area contributed by atoms with Crippen molar-refractivity contribution in [1.29, 1.82) is 0 Å². The molecule has 0 radical (unpaired) electrons. The average Bonchev–Trinajstić information content (AvgIpc) is 2.75. The Morgan fingerprint density at radius 3 is 2.34 bits per heavy atom. The molecule has 32 heavy (non-hydrogen) atoms. The maximum Gasteiger partial charge on any atom is 0.436 e. The van der Waals surface area contributed by atoms with E-state index in [0.29, 0.717) is 0 Å². The Morgan fingerprint density at radius 2 is 1.75 bits per heavy atom. The van der Waals surface area contributed by atoms with E-state index in [-0.39, 0.29) is 39.2 Å². The van der Waals surface area contributed by atoms with Crippen LogP contribution in [0.5, 0.6) is 0 Å². The van der Waals surface area contributed by atoms with Crippen LogP contribution in [-0.4, -0.2) is 66.0 Å². The molecule has 0 aliphatic heterocycles. The molecule has 0 saturated heterocycles. The highest BCUT2D eigenvalue weighted by molar-refractivity contribution is 5.97.